The van der Waals surface area contributed by atoms with E-state index in [1.54, 1.807) is 0 Å². The van der Waals surface area contributed by atoms with Crippen LogP contribution in [-0.2, 0) is 17.8 Å². The van der Waals surface area contributed by atoms with Gasteiger partial charge in [0.25, 0.3) is 0 Å². The smallest absolute Gasteiger partial charge is 0.191 e. The molecule has 0 bridgehead atoms. The Hall–Kier alpha value is -1.63. The van der Waals surface area contributed by atoms with Crippen LogP contribution in [0.5, 0.6) is 0 Å². The number of nitrogens with zero attached hydrogens (tertiary/aromatic N) is 2. The minimum absolute atomic E-state index is 0.111. The third-order valence-electron chi connectivity index (χ3n) is 4.71. The van der Waals surface area contributed by atoms with Gasteiger partial charge in [0, 0.05) is 45.9 Å². The Balaban J connectivity index is 1.77. The van der Waals surface area contributed by atoms with Gasteiger partial charge >= 0.3 is 0 Å². The Morgan fingerprint density at radius 1 is 1.15 bits per heavy atom. The van der Waals surface area contributed by atoms with E-state index < -0.39 is 0 Å². The molecule has 2 rings (SSSR count). The molecule has 1 aliphatic heterocycles. The van der Waals surface area contributed by atoms with E-state index in [0.717, 1.165) is 71.2 Å². The average Bonchev–Trinajstić information content (AvgIpc) is 2.69. The molecule has 0 radical (unpaired) electrons. The van der Waals surface area contributed by atoms with Crippen molar-refractivity contribution in [2.75, 3.05) is 39.4 Å². The molecule has 152 valence electrons. The Kier molecular flexibility index (Phi) is 10.2. The summed E-state index contributed by atoms with van der Waals surface area (Å²) >= 11 is 0. The number of aliphatic hydroxyl groups excluding tert-OH is 1. The van der Waals surface area contributed by atoms with Gasteiger partial charge in [0.05, 0.1) is 12.6 Å². The number of likely N-dealkylation sites (tertiary alicyclic amines) is 1. The molecule has 0 atom stereocenters. The van der Waals surface area contributed by atoms with Crippen LogP contribution in [0.25, 0.3) is 0 Å². The van der Waals surface area contributed by atoms with Gasteiger partial charge in [-0.2, -0.15) is 0 Å². The fourth-order valence-electron chi connectivity index (χ4n) is 3.12. The fourth-order valence-corrected chi connectivity index (χ4v) is 3.12. The monoisotopic (exact) mass is 376 g/mol. The molecule has 0 spiro atoms. The Morgan fingerprint density at radius 3 is 2.52 bits per heavy atom. The molecule has 0 amide bonds. The van der Waals surface area contributed by atoms with E-state index in [1.165, 1.54) is 11.1 Å². The number of aliphatic imine (C=N–C) groups is 1. The second-order valence-electron chi connectivity index (χ2n) is 7.00. The highest BCUT2D eigenvalue weighted by Crippen LogP contribution is 2.14. The second-order valence-corrected chi connectivity index (χ2v) is 7.00. The van der Waals surface area contributed by atoms with Crippen molar-refractivity contribution >= 4 is 5.96 Å². The molecule has 1 fully saturated rings. The molecule has 1 aromatic rings. The van der Waals surface area contributed by atoms with E-state index in [1.807, 2.05) is 6.92 Å². The number of benzene rings is 1. The molecule has 1 aliphatic rings. The molecule has 1 heterocycles. The van der Waals surface area contributed by atoms with Crippen LogP contribution in [0, 0.1) is 0 Å². The lowest BCUT2D eigenvalue weighted by Gasteiger charge is -2.29. The van der Waals surface area contributed by atoms with Crippen molar-refractivity contribution in [2.24, 2.45) is 4.99 Å². The van der Waals surface area contributed by atoms with E-state index >= 15 is 0 Å². The molecule has 6 heteroatoms. The highest BCUT2D eigenvalue weighted by atomic mass is 16.5. The van der Waals surface area contributed by atoms with Crippen molar-refractivity contribution in [3.05, 3.63) is 35.4 Å². The van der Waals surface area contributed by atoms with Gasteiger partial charge in [0.1, 0.15) is 0 Å². The summed E-state index contributed by atoms with van der Waals surface area (Å²) in [6.07, 6.45) is 2.63. The molecule has 27 heavy (non-hydrogen) atoms. The maximum atomic E-state index is 9.61. The number of hydrogen-bond donors (Lipinski definition) is 3. The summed E-state index contributed by atoms with van der Waals surface area (Å²) in [5.74, 6) is 0.852. The van der Waals surface area contributed by atoms with Gasteiger partial charge in [0.15, 0.2) is 5.96 Å². The zero-order chi connectivity index (χ0) is 19.3. The van der Waals surface area contributed by atoms with E-state index in [4.69, 9.17) is 4.74 Å². The normalized spacial score (nSPS) is 16.5. The lowest BCUT2D eigenvalue weighted by molar-refractivity contribution is 0.0792. The molecule has 0 aromatic heterocycles. The SMILES string of the molecule is CCNC(=NCc1ccc(CN2CCC(O)CC2)cc1)NCCCOCC. The lowest BCUT2D eigenvalue weighted by atomic mass is 10.1. The molecule has 0 unspecified atom stereocenters. The highest BCUT2D eigenvalue weighted by Gasteiger charge is 2.16. The topological polar surface area (TPSA) is 69.1 Å². The zero-order valence-electron chi connectivity index (χ0n) is 16.9. The average molecular weight is 377 g/mol. The second kappa shape index (κ2) is 12.7. The highest BCUT2D eigenvalue weighted by molar-refractivity contribution is 5.79. The van der Waals surface area contributed by atoms with Gasteiger partial charge in [-0.25, -0.2) is 4.99 Å². The summed E-state index contributed by atoms with van der Waals surface area (Å²) in [7, 11) is 0. The number of guanidine groups is 1. The minimum Gasteiger partial charge on any atom is -0.393 e. The maximum Gasteiger partial charge on any atom is 0.191 e. The first kappa shape index (κ1) is 21.7. The third-order valence-corrected chi connectivity index (χ3v) is 4.71. The van der Waals surface area contributed by atoms with Gasteiger partial charge in [-0.05, 0) is 44.2 Å². The van der Waals surface area contributed by atoms with E-state index in [0.29, 0.717) is 6.54 Å². The minimum atomic E-state index is -0.111. The molecule has 1 aromatic carbocycles. The van der Waals surface area contributed by atoms with Crippen molar-refractivity contribution in [1.29, 1.82) is 0 Å². The number of nitrogens with one attached hydrogen (secondary N) is 2. The van der Waals surface area contributed by atoms with E-state index in [2.05, 4.69) is 51.7 Å². The first-order valence-electron chi connectivity index (χ1n) is 10.3. The Labute approximate surface area is 164 Å². The summed E-state index contributed by atoms with van der Waals surface area (Å²) in [5.41, 5.74) is 2.53. The molecule has 6 nitrogen and oxygen atoms in total. The largest absolute Gasteiger partial charge is 0.393 e. The van der Waals surface area contributed by atoms with Crippen molar-refractivity contribution in [3.63, 3.8) is 0 Å². The quantitative estimate of drug-likeness (QED) is 0.332. The number of hydrogen-bond acceptors (Lipinski definition) is 4. The summed E-state index contributed by atoms with van der Waals surface area (Å²) in [4.78, 5) is 7.08. The van der Waals surface area contributed by atoms with Crippen LogP contribution in [-0.4, -0.2) is 61.5 Å². The van der Waals surface area contributed by atoms with Crippen LogP contribution in [0.4, 0.5) is 0 Å². The molecule has 1 saturated heterocycles. The van der Waals surface area contributed by atoms with Gasteiger partial charge < -0.3 is 20.5 Å². The zero-order valence-corrected chi connectivity index (χ0v) is 16.9. The van der Waals surface area contributed by atoms with Crippen molar-refractivity contribution in [3.8, 4) is 0 Å². The number of ether oxygens (including phenoxy) is 1. The molecular formula is C21H36N4O2. The maximum absolute atomic E-state index is 9.61. The summed E-state index contributed by atoms with van der Waals surface area (Å²) in [6, 6.07) is 8.71. The number of rotatable bonds is 10. The summed E-state index contributed by atoms with van der Waals surface area (Å²) < 4.78 is 5.36. The molecule has 3 N–H and O–H groups in total. The fraction of sp³-hybridized carbons (Fsp3) is 0.667. The molecule has 0 saturated carbocycles. The van der Waals surface area contributed by atoms with Crippen LogP contribution in [0.2, 0.25) is 0 Å². The predicted octanol–water partition coefficient (Wildman–Crippen LogP) is 2.12. The van der Waals surface area contributed by atoms with Crippen LogP contribution in [0.15, 0.2) is 29.3 Å². The number of piperidine rings is 1. The standard InChI is InChI=1S/C21H36N4O2/c1-3-22-21(23-12-5-15-27-4-2)24-16-18-6-8-19(9-7-18)17-25-13-10-20(26)11-14-25/h6-9,20,26H,3-5,10-17H2,1-2H3,(H2,22,23,24). The summed E-state index contributed by atoms with van der Waals surface area (Å²) in [6.45, 7) is 10.9. The van der Waals surface area contributed by atoms with Gasteiger partial charge in [-0.15, -0.1) is 0 Å². The lowest BCUT2D eigenvalue weighted by Crippen LogP contribution is -2.38. The van der Waals surface area contributed by atoms with Gasteiger partial charge in [0.2, 0.25) is 0 Å². The van der Waals surface area contributed by atoms with Crippen LogP contribution in [0.1, 0.15) is 44.2 Å². The van der Waals surface area contributed by atoms with E-state index in [9.17, 15) is 5.11 Å². The molecular weight excluding hydrogens is 340 g/mol. The van der Waals surface area contributed by atoms with Crippen LogP contribution in [0.3, 0.4) is 0 Å². The van der Waals surface area contributed by atoms with Crippen molar-refractivity contribution in [2.45, 2.75) is 52.3 Å². The van der Waals surface area contributed by atoms with Crippen LogP contribution >= 0.6 is 0 Å². The first-order valence-corrected chi connectivity index (χ1v) is 10.3. The third kappa shape index (κ3) is 8.73. The van der Waals surface area contributed by atoms with Gasteiger partial charge in [-0.3, -0.25) is 4.90 Å². The van der Waals surface area contributed by atoms with E-state index in [-0.39, 0.29) is 6.10 Å². The van der Waals surface area contributed by atoms with Crippen LogP contribution < -0.4 is 10.6 Å². The predicted molar refractivity (Wildman–Crippen MR) is 111 cm³/mol. The Morgan fingerprint density at radius 2 is 1.85 bits per heavy atom. The van der Waals surface area contributed by atoms with Gasteiger partial charge in [-0.1, -0.05) is 24.3 Å². The first-order chi connectivity index (χ1) is 13.2. The van der Waals surface area contributed by atoms with Crippen molar-refractivity contribution in [1.82, 2.24) is 15.5 Å². The molecule has 0 aliphatic carbocycles. The summed E-state index contributed by atoms with van der Waals surface area (Å²) in [5, 5.41) is 16.2. The van der Waals surface area contributed by atoms with Crippen molar-refractivity contribution < 1.29 is 9.84 Å². The number of aliphatic hydroxyl groups is 1. The Bertz CT molecular complexity index is 540.